The third-order valence-electron chi connectivity index (χ3n) is 4.49. The second-order valence-electron chi connectivity index (χ2n) is 6.17. The Morgan fingerprint density at radius 1 is 1.12 bits per heavy atom. The summed E-state index contributed by atoms with van der Waals surface area (Å²) in [6, 6.07) is 7.32. The summed E-state index contributed by atoms with van der Waals surface area (Å²) in [4.78, 5) is 41.6. The highest BCUT2D eigenvalue weighted by molar-refractivity contribution is 6.10. The summed E-state index contributed by atoms with van der Waals surface area (Å²) in [6.45, 7) is 3.50. The van der Waals surface area contributed by atoms with Crippen LogP contribution in [0.3, 0.4) is 0 Å². The van der Waals surface area contributed by atoms with Gasteiger partial charge < -0.3 is 11.1 Å². The number of fused-ring (bicyclic) bond motifs is 1. The van der Waals surface area contributed by atoms with Crippen LogP contribution < -0.4 is 22.3 Å². The lowest BCUT2D eigenvalue weighted by atomic mass is 10.1. The number of rotatable bonds is 2. The Kier molecular flexibility index (Phi) is 4.11. The summed E-state index contributed by atoms with van der Waals surface area (Å²) < 4.78 is 2.22. The zero-order chi connectivity index (χ0) is 19.2. The SMILES string of the molecule is Cc1ccccc1NC(=O)c1c(N)nc2c(c1C)c(=O)n(C)c(=O)n2C. The summed E-state index contributed by atoms with van der Waals surface area (Å²) in [5, 5.41) is 2.99. The molecular weight excluding hydrogens is 334 g/mol. The molecule has 2 aromatic heterocycles. The first-order valence-electron chi connectivity index (χ1n) is 7.96. The molecule has 26 heavy (non-hydrogen) atoms. The Hall–Kier alpha value is -3.42. The van der Waals surface area contributed by atoms with E-state index in [1.54, 1.807) is 13.0 Å². The summed E-state index contributed by atoms with van der Waals surface area (Å²) in [5.41, 5.74) is 7.16. The van der Waals surface area contributed by atoms with Crippen molar-refractivity contribution in [2.75, 3.05) is 11.1 Å². The molecule has 3 rings (SSSR count). The van der Waals surface area contributed by atoms with Crippen molar-refractivity contribution in [2.24, 2.45) is 14.1 Å². The third-order valence-corrected chi connectivity index (χ3v) is 4.49. The third kappa shape index (κ3) is 2.55. The number of nitrogens with one attached hydrogen (secondary N) is 1. The average molecular weight is 353 g/mol. The van der Waals surface area contributed by atoms with Gasteiger partial charge >= 0.3 is 5.69 Å². The molecule has 2 heterocycles. The highest BCUT2D eigenvalue weighted by Crippen LogP contribution is 2.23. The van der Waals surface area contributed by atoms with E-state index in [-0.39, 0.29) is 22.4 Å². The van der Waals surface area contributed by atoms with Gasteiger partial charge in [0, 0.05) is 19.8 Å². The number of pyridine rings is 1. The number of hydrogen-bond acceptors (Lipinski definition) is 5. The Morgan fingerprint density at radius 3 is 2.42 bits per heavy atom. The van der Waals surface area contributed by atoms with Gasteiger partial charge in [-0.1, -0.05) is 18.2 Å². The summed E-state index contributed by atoms with van der Waals surface area (Å²) in [5.74, 6) is -0.496. The standard InChI is InChI=1S/C18H19N5O3/c1-9-7-5-6-8-11(9)20-16(24)12-10(2)13-15(21-14(12)19)22(3)18(26)23(4)17(13)25/h5-8H,1-4H3,(H2,19,21)(H,20,24). The normalized spacial score (nSPS) is 10.9. The van der Waals surface area contributed by atoms with Gasteiger partial charge in [-0.3, -0.25) is 18.7 Å². The van der Waals surface area contributed by atoms with Crippen LogP contribution in [0.1, 0.15) is 21.5 Å². The van der Waals surface area contributed by atoms with Crippen molar-refractivity contribution >= 4 is 28.4 Å². The van der Waals surface area contributed by atoms with E-state index < -0.39 is 17.2 Å². The summed E-state index contributed by atoms with van der Waals surface area (Å²) in [6.07, 6.45) is 0. The lowest BCUT2D eigenvalue weighted by Gasteiger charge is -2.15. The first kappa shape index (κ1) is 17.4. The minimum absolute atomic E-state index is 0.0377. The van der Waals surface area contributed by atoms with Gasteiger partial charge in [0.15, 0.2) is 5.65 Å². The molecule has 1 aromatic carbocycles. The maximum atomic E-state index is 12.8. The van der Waals surface area contributed by atoms with Crippen molar-refractivity contribution < 1.29 is 4.79 Å². The van der Waals surface area contributed by atoms with Crippen molar-refractivity contribution in [3.8, 4) is 0 Å². The van der Waals surface area contributed by atoms with Crippen LogP contribution in [0.15, 0.2) is 33.9 Å². The largest absolute Gasteiger partial charge is 0.383 e. The van der Waals surface area contributed by atoms with Gasteiger partial charge in [0.1, 0.15) is 5.82 Å². The van der Waals surface area contributed by atoms with Crippen molar-refractivity contribution in [1.82, 2.24) is 14.1 Å². The number of hydrogen-bond donors (Lipinski definition) is 2. The number of carbonyl (C=O) groups is 1. The number of nitrogen functional groups attached to an aromatic ring is 1. The zero-order valence-electron chi connectivity index (χ0n) is 15.0. The zero-order valence-corrected chi connectivity index (χ0v) is 15.0. The van der Waals surface area contributed by atoms with Crippen LogP contribution in [0.5, 0.6) is 0 Å². The van der Waals surface area contributed by atoms with Crippen LogP contribution in [-0.4, -0.2) is 20.0 Å². The maximum Gasteiger partial charge on any atom is 0.332 e. The monoisotopic (exact) mass is 353 g/mol. The molecule has 1 amide bonds. The second-order valence-corrected chi connectivity index (χ2v) is 6.17. The van der Waals surface area contributed by atoms with Crippen LogP contribution >= 0.6 is 0 Å². The molecule has 3 aromatic rings. The quantitative estimate of drug-likeness (QED) is 0.716. The Labute approximate surface area is 148 Å². The van der Waals surface area contributed by atoms with Gasteiger partial charge in [-0.25, -0.2) is 9.78 Å². The minimum atomic E-state index is -0.516. The number of nitrogens with zero attached hydrogens (tertiary/aromatic N) is 3. The molecule has 0 saturated carbocycles. The molecule has 0 saturated heterocycles. The number of para-hydroxylation sites is 1. The minimum Gasteiger partial charge on any atom is -0.383 e. The molecule has 0 atom stereocenters. The lowest BCUT2D eigenvalue weighted by molar-refractivity contribution is 0.102. The fourth-order valence-electron chi connectivity index (χ4n) is 2.96. The average Bonchev–Trinajstić information content (AvgIpc) is 2.59. The van der Waals surface area contributed by atoms with Crippen molar-refractivity contribution in [2.45, 2.75) is 13.8 Å². The Bertz CT molecular complexity index is 1170. The molecule has 0 unspecified atom stereocenters. The van der Waals surface area contributed by atoms with E-state index in [4.69, 9.17) is 5.73 Å². The van der Waals surface area contributed by atoms with Gasteiger partial charge in [-0.05, 0) is 31.0 Å². The second kappa shape index (κ2) is 6.14. The molecule has 8 heteroatoms. The van der Waals surface area contributed by atoms with Gasteiger partial charge in [0.25, 0.3) is 11.5 Å². The summed E-state index contributed by atoms with van der Waals surface area (Å²) in [7, 11) is 2.88. The van der Waals surface area contributed by atoms with Crippen LogP contribution in [0.2, 0.25) is 0 Å². The molecule has 0 bridgehead atoms. The number of benzene rings is 1. The van der Waals surface area contributed by atoms with E-state index in [0.717, 1.165) is 10.1 Å². The van der Waals surface area contributed by atoms with E-state index in [2.05, 4.69) is 10.3 Å². The lowest BCUT2D eigenvalue weighted by Crippen LogP contribution is -2.38. The fourth-order valence-corrected chi connectivity index (χ4v) is 2.96. The van der Waals surface area contributed by atoms with Crippen molar-refractivity contribution in [1.29, 1.82) is 0 Å². The molecule has 0 aliphatic carbocycles. The molecule has 134 valence electrons. The topological polar surface area (TPSA) is 112 Å². The number of anilines is 2. The first-order valence-corrected chi connectivity index (χ1v) is 7.96. The van der Waals surface area contributed by atoms with E-state index >= 15 is 0 Å². The predicted octanol–water partition coefficient (Wildman–Crippen LogP) is 1.08. The van der Waals surface area contributed by atoms with Crippen LogP contribution in [0, 0.1) is 13.8 Å². The molecule has 0 fully saturated rings. The smallest absolute Gasteiger partial charge is 0.332 e. The molecule has 0 aliphatic heterocycles. The van der Waals surface area contributed by atoms with Crippen LogP contribution in [0.4, 0.5) is 11.5 Å². The number of aryl methyl sites for hydroxylation is 3. The molecule has 3 N–H and O–H groups in total. The van der Waals surface area contributed by atoms with Crippen molar-refractivity contribution in [3.63, 3.8) is 0 Å². The number of amides is 1. The molecular formula is C18H19N5O3. The molecule has 0 spiro atoms. The fraction of sp³-hybridized carbons (Fsp3) is 0.222. The summed E-state index contributed by atoms with van der Waals surface area (Å²) >= 11 is 0. The van der Waals surface area contributed by atoms with E-state index in [1.165, 1.54) is 18.7 Å². The highest BCUT2D eigenvalue weighted by atomic mass is 16.2. The van der Waals surface area contributed by atoms with E-state index in [9.17, 15) is 14.4 Å². The van der Waals surface area contributed by atoms with Crippen LogP contribution in [0.25, 0.3) is 11.0 Å². The molecule has 0 aliphatic rings. The van der Waals surface area contributed by atoms with E-state index in [0.29, 0.717) is 11.3 Å². The van der Waals surface area contributed by atoms with Gasteiger partial charge in [-0.15, -0.1) is 0 Å². The highest BCUT2D eigenvalue weighted by Gasteiger charge is 2.22. The molecule has 0 radical (unpaired) electrons. The number of carbonyl (C=O) groups excluding carboxylic acids is 1. The van der Waals surface area contributed by atoms with Gasteiger partial charge in [-0.2, -0.15) is 0 Å². The van der Waals surface area contributed by atoms with E-state index in [1.807, 2.05) is 25.1 Å². The predicted molar refractivity (Wildman–Crippen MR) is 101 cm³/mol. The first-order chi connectivity index (χ1) is 12.2. The van der Waals surface area contributed by atoms with Gasteiger partial charge in [0.05, 0.1) is 10.9 Å². The Balaban J connectivity index is 2.25. The number of aromatic nitrogens is 3. The molecule has 8 nitrogen and oxygen atoms in total. The number of nitrogens with two attached hydrogens (primary N) is 1. The Morgan fingerprint density at radius 2 is 1.77 bits per heavy atom. The maximum absolute atomic E-state index is 12.8. The van der Waals surface area contributed by atoms with Gasteiger partial charge in [0.2, 0.25) is 0 Å². The van der Waals surface area contributed by atoms with Crippen molar-refractivity contribution in [3.05, 3.63) is 61.8 Å². The van der Waals surface area contributed by atoms with Crippen LogP contribution in [-0.2, 0) is 14.1 Å².